The van der Waals surface area contributed by atoms with Crippen LogP contribution < -0.4 is 0 Å². The van der Waals surface area contributed by atoms with Gasteiger partial charge in [0, 0.05) is 16.5 Å². The van der Waals surface area contributed by atoms with Crippen molar-refractivity contribution >= 4 is 34.5 Å². The smallest absolute Gasteiger partial charge is 0.357 e. The highest BCUT2D eigenvalue weighted by atomic mass is 127. The Kier molecular flexibility index (Phi) is 5.75. The van der Waals surface area contributed by atoms with E-state index in [1.165, 1.54) is 4.57 Å². The van der Waals surface area contributed by atoms with Gasteiger partial charge in [0.25, 0.3) is 0 Å². The first-order valence-corrected chi connectivity index (χ1v) is 8.32. The summed E-state index contributed by atoms with van der Waals surface area (Å²) >= 11 is 2.19. The molecule has 0 saturated carbocycles. The van der Waals surface area contributed by atoms with Gasteiger partial charge >= 0.3 is 11.9 Å². The molecule has 0 aliphatic rings. The van der Waals surface area contributed by atoms with Crippen molar-refractivity contribution in [3.8, 4) is 0 Å². The zero-order chi connectivity index (χ0) is 17.0. The number of carbonyl (C=O) groups is 2. The summed E-state index contributed by atoms with van der Waals surface area (Å²) in [6.45, 7) is 2.31. The standard InChI is InChI=1S/C16H17IN2O4/c1-2-3-4-12-18-13(15(20)21)14(16(22)23)19(12)9-10-5-7-11(17)8-6-10/h5-8H,2-4,9H2,1H3,(H,20,21)(H,22,23). The van der Waals surface area contributed by atoms with E-state index in [2.05, 4.69) is 27.6 Å². The SMILES string of the molecule is CCCCc1nc(C(=O)O)c(C(=O)O)n1Cc1ccc(I)cc1. The highest BCUT2D eigenvalue weighted by Crippen LogP contribution is 2.18. The molecule has 2 rings (SSSR count). The van der Waals surface area contributed by atoms with Crippen molar-refractivity contribution in [2.24, 2.45) is 0 Å². The summed E-state index contributed by atoms with van der Waals surface area (Å²) in [5.41, 5.74) is 0.247. The van der Waals surface area contributed by atoms with E-state index < -0.39 is 17.6 Å². The number of carboxylic acids is 2. The zero-order valence-electron chi connectivity index (χ0n) is 12.6. The van der Waals surface area contributed by atoms with Crippen LogP contribution in [0.15, 0.2) is 24.3 Å². The number of halogens is 1. The Morgan fingerprint density at radius 3 is 2.35 bits per heavy atom. The predicted molar refractivity (Wildman–Crippen MR) is 93.0 cm³/mol. The van der Waals surface area contributed by atoms with Crippen molar-refractivity contribution in [1.82, 2.24) is 9.55 Å². The van der Waals surface area contributed by atoms with Gasteiger partial charge < -0.3 is 14.8 Å². The Bertz CT molecular complexity index is 722. The summed E-state index contributed by atoms with van der Waals surface area (Å²) in [5, 5.41) is 18.7. The van der Waals surface area contributed by atoms with Crippen LogP contribution in [0, 0.1) is 3.57 Å². The van der Waals surface area contributed by atoms with Crippen LogP contribution >= 0.6 is 22.6 Å². The molecule has 2 aromatic rings. The quantitative estimate of drug-likeness (QED) is 0.661. The number of aromatic carboxylic acids is 2. The summed E-state index contributed by atoms with van der Waals surface area (Å²) in [6.07, 6.45) is 2.29. The lowest BCUT2D eigenvalue weighted by Crippen LogP contribution is -2.15. The Hall–Kier alpha value is -1.90. The maximum Gasteiger partial charge on any atom is 0.357 e. The monoisotopic (exact) mass is 428 g/mol. The minimum Gasteiger partial charge on any atom is -0.476 e. The second-order valence-electron chi connectivity index (χ2n) is 5.15. The second-order valence-corrected chi connectivity index (χ2v) is 6.40. The molecule has 0 saturated heterocycles. The average Bonchev–Trinajstić information content (AvgIpc) is 2.86. The molecule has 0 atom stereocenters. The van der Waals surface area contributed by atoms with Crippen LogP contribution in [0.3, 0.4) is 0 Å². The summed E-state index contributed by atoms with van der Waals surface area (Å²) in [7, 11) is 0. The first kappa shape index (κ1) is 17.5. The van der Waals surface area contributed by atoms with Crippen LogP contribution in [-0.4, -0.2) is 31.7 Å². The minimum absolute atomic E-state index is 0.262. The fourth-order valence-electron chi connectivity index (χ4n) is 2.33. The normalized spacial score (nSPS) is 10.7. The number of benzene rings is 1. The highest BCUT2D eigenvalue weighted by Gasteiger charge is 2.26. The van der Waals surface area contributed by atoms with Crippen molar-refractivity contribution < 1.29 is 19.8 Å². The minimum atomic E-state index is -1.32. The van der Waals surface area contributed by atoms with Crippen LogP contribution in [0.1, 0.15) is 52.1 Å². The average molecular weight is 428 g/mol. The van der Waals surface area contributed by atoms with E-state index >= 15 is 0 Å². The molecule has 1 aromatic heterocycles. The van der Waals surface area contributed by atoms with Gasteiger partial charge in [0.1, 0.15) is 5.82 Å². The van der Waals surface area contributed by atoms with Gasteiger partial charge in [-0.1, -0.05) is 25.5 Å². The molecular weight excluding hydrogens is 411 g/mol. The fraction of sp³-hybridized carbons (Fsp3) is 0.312. The molecule has 0 fully saturated rings. The fourth-order valence-corrected chi connectivity index (χ4v) is 2.69. The number of hydrogen-bond acceptors (Lipinski definition) is 3. The molecule has 1 aromatic carbocycles. The highest BCUT2D eigenvalue weighted by molar-refractivity contribution is 14.1. The maximum atomic E-state index is 11.6. The molecule has 0 amide bonds. The van der Waals surface area contributed by atoms with E-state index in [1.807, 2.05) is 31.2 Å². The summed E-state index contributed by atoms with van der Waals surface area (Å²) < 4.78 is 2.58. The lowest BCUT2D eigenvalue weighted by molar-refractivity contribution is 0.0640. The lowest BCUT2D eigenvalue weighted by atomic mass is 10.2. The maximum absolute atomic E-state index is 11.6. The van der Waals surface area contributed by atoms with Crippen molar-refractivity contribution in [3.63, 3.8) is 0 Å². The van der Waals surface area contributed by atoms with E-state index in [1.54, 1.807) is 0 Å². The first-order chi connectivity index (χ1) is 10.9. The van der Waals surface area contributed by atoms with Crippen LogP contribution in [0.5, 0.6) is 0 Å². The first-order valence-electron chi connectivity index (χ1n) is 7.24. The summed E-state index contributed by atoms with van der Waals surface area (Å²) in [4.78, 5) is 26.9. The van der Waals surface area contributed by atoms with Gasteiger partial charge in [-0.2, -0.15) is 0 Å². The number of unbranched alkanes of at least 4 members (excludes halogenated alkanes) is 1. The van der Waals surface area contributed by atoms with E-state index in [9.17, 15) is 19.8 Å². The number of aromatic nitrogens is 2. The van der Waals surface area contributed by atoms with Gasteiger partial charge in [0.2, 0.25) is 0 Å². The van der Waals surface area contributed by atoms with E-state index in [-0.39, 0.29) is 12.2 Å². The molecule has 6 nitrogen and oxygen atoms in total. The third kappa shape index (κ3) is 4.10. The van der Waals surface area contributed by atoms with Crippen molar-refractivity contribution in [2.45, 2.75) is 32.7 Å². The van der Waals surface area contributed by atoms with Crippen LogP contribution in [0.2, 0.25) is 0 Å². The van der Waals surface area contributed by atoms with Gasteiger partial charge in [-0.05, 0) is 46.7 Å². The third-order valence-electron chi connectivity index (χ3n) is 3.46. The van der Waals surface area contributed by atoms with Crippen molar-refractivity contribution in [2.75, 3.05) is 0 Å². The van der Waals surface area contributed by atoms with Gasteiger partial charge in [0.05, 0.1) is 0 Å². The molecule has 2 N–H and O–H groups in total. The molecule has 0 aliphatic heterocycles. The van der Waals surface area contributed by atoms with E-state index in [0.29, 0.717) is 12.2 Å². The Morgan fingerprint density at radius 1 is 1.17 bits per heavy atom. The number of imidazole rings is 1. The third-order valence-corrected chi connectivity index (χ3v) is 4.18. The summed E-state index contributed by atoms with van der Waals surface area (Å²) in [5.74, 6) is -2.09. The number of carboxylic acid groups (broad SMARTS) is 2. The van der Waals surface area contributed by atoms with Gasteiger partial charge in [-0.15, -0.1) is 0 Å². The molecule has 0 unspecified atom stereocenters. The topological polar surface area (TPSA) is 92.4 Å². The Morgan fingerprint density at radius 2 is 1.83 bits per heavy atom. The van der Waals surface area contributed by atoms with Crippen molar-refractivity contribution in [1.29, 1.82) is 0 Å². The van der Waals surface area contributed by atoms with E-state index in [0.717, 1.165) is 22.0 Å². The Labute approximate surface area is 147 Å². The Balaban J connectivity index is 2.50. The number of aryl methyl sites for hydroxylation is 1. The molecule has 7 heteroatoms. The molecule has 0 spiro atoms. The summed E-state index contributed by atoms with van der Waals surface area (Å²) in [6, 6.07) is 7.66. The number of rotatable bonds is 7. The van der Waals surface area contributed by atoms with Crippen LogP contribution in [0.4, 0.5) is 0 Å². The van der Waals surface area contributed by atoms with Crippen LogP contribution in [-0.2, 0) is 13.0 Å². The van der Waals surface area contributed by atoms with Gasteiger partial charge in [0.15, 0.2) is 11.4 Å². The lowest BCUT2D eigenvalue weighted by Gasteiger charge is -2.10. The van der Waals surface area contributed by atoms with Crippen LogP contribution in [0.25, 0.3) is 0 Å². The predicted octanol–water partition coefficient (Wildman–Crippen LogP) is 3.28. The second kappa shape index (κ2) is 7.58. The van der Waals surface area contributed by atoms with Gasteiger partial charge in [-0.25, -0.2) is 14.6 Å². The molecule has 122 valence electrons. The molecule has 23 heavy (non-hydrogen) atoms. The number of hydrogen-bond donors (Lipinski definition) is 2. The molecular formula is C16H17IN2O4. The molecule has 0 aliphatic carbocycles. The van der Waals surface area contributed by atoms with E-state index in [4.69, 9.17) is 0 Å². The van der Waals surface area contributed by atoms with Gasteiger partial charge in [-0.3, -0.25) is 0 Å². The zero-order valence-corrected chi connectivity index (χ0v) is 14.8. The molecule has 0 radical (unpaired) electrons. The largest absolute Gasteiger partial charge is 0.476 e. The molecule has 1 heterocycles. The van der Waals surface area contributed by atoms with Crippen molar-refractivity contribution in [3.05, 3.63) is 50.6 Å². The number of nitrogens with zero attached hydrogens (tertiary/aromatic N) is 2. The molecule has 0 bridgehead atoms.